The van der Waals surface area contributed by atoms with Crippen LogP contribution in [-0.2, 0) is 6.54 Å². The van der Waals surface area contributed by atoms with Gasteiger partial charge in [-0.05, 0) is 29.8 Å². The predicted octanol–water partition coefficient (Wildman–Crippen LogP) is 2.24. The number of carbonyl (C=O) groups is 3. The molecule has 3 amide bonds. The summed E-state index contributed by atoms with van der Waals surface area (Å²) in [7, 11) is 0. The van der Waals surface area contributed by atoms with E-state index in [1.165, 1.54) is 4.90 Å². The van der Waals surface area contributed by atoms with Crippen LogP contribution in [0.4, 0.5) is 5.95 Å². The molecule has 160 valence electrons. The van der Waals surface area contributed by atoms with Crippen LogP contribution in [0.25, 0.3) is 0 Å². The Morgan fingerprint density at radius 3 is 2.22 bits per heavy atom. The summed E-state index contributed by atoms with van der Waals surface area (Å²) < 4.78 is 0. The number of amides is 3. The smallest absolute Gasteiger partial charge is 0.261 e. The van der Waals surface area contributed by atoms with E-state index >= 15 is 0 Å². The molecule has 5 rings (SSSR count). The van der Waals surface area contributed by atoms with Gasteiger partial charge in [0.25, 0.3) is 17.7 Å². The Labute approximate surface area is 185 Å². The highest BCUT2D eigenvalue weighted by Gasteiger charge is 2.36. The fourth-order valence-electron chi connectivity index (χ4n) is 4.08. The molecule has 2 aliphatic heterocycles. The first-order valence-corrected chi connectivity index (χ1v) is 10.5. The molecule has 1 saturated heterocycles. The molecule has 8 nitrogen and oxygen atoms in total. The van der Waals surface area contributed by atoms with E-state index in [0.29, 0.717) is 43.3 Å². The largest absolute Gasteiger partial charge is 0.337 e. The first kappa shape index (κ1) is 19.9. The van der Waals surface area contributed by atoms with Crippen molar-refractivity contribution in [1.29, 1.82) is 0 Å². The van der Waals surface area contributed by atoms with Crippen molar-refractivity contribution >= 4 is 23.7 Å². The molecule has 0 saturated carbocycles. The Hall–Kier alpha value is -4.07. The third kappa shape index (κ3) is 3.60. The second kappa shape index (κ2) is 8.22. The summed E-state index contributed by atoms with van der Waals surface area (Å²) in [5, 5.41) is 0. The molecule has 0 unspecified atom stereocenters. The normalized spacial score (nSPS) is 15.8. The molecule has 1 fully saturated rings. The van der Waals surface area contributed by atoms with Gasteiger partial charge >= 0.3 is 0 Å². The van der Waals surface area contributed by atoms with E-state index in [2.05, 4.69) is 9.97 Å². The van der Waals surface area contributed by atoms with Crippen LogP contribution in [0.3, 0.4) is 0 Å². The van der Waals surface area contributed by atoms with Gasteiger partial charge < -0.3 is 9.80 Å². The molecule has 0 radical (unpaired) electrons. The monoisotopic (exact) mass is 427 g/mol. The number of hydrogen-bond donors (Lipinski definition) is 0. The van der Waals surface area contributed by atoms with Gasteiger partial charge in [0.2, 0.25) is 5.95 Å². The van der Waals surface area contributed by atoms with Gasteiger partial charge in [-0.15, -0.1) is 0 Å². The van der Waals surface area contributed by atoms with Crippen molar-refractivity contribution in [2.24, 2.45) is 0 Å². The third-order valence-electron chi connectivity index (χ3n) is 5.80. The topological polar surface area (TPSA) is 86.7 Å². The highest BCUT2D eigenvalue weighted by Crippen LogP contribution is 2.26. The molecule has 3 aromatic rings. The van der Waals surface area contributed by atoms with E-state index in [9.17, 15) is 14.4 Å². The minimum Gasteiger partial charge on any atom is -0.337 e. The van der Waals surface area contributed by atoms with Gasteiger partial charge in [0, 0.05) is 44.1 Å². The fraction of sp³-hybridized carbons (Fsp3) is 0.208. The molecule has 8 heteroatoms. The fourth-order valence-corrected chi connectivity index (χ4v) is 4.08. The molecule has 0 spiro atoms. The zero-order chi connectivity index (χ0) is 22.1. The number of anilines is 1. The van der Waals surface area contributed by atoms with Crippen LogP contribution in [0.15, 0.2) is 67.0 Å². The van der Waals surface area contributed by atoms with Crippen molar-refractivity contribution in [3.8, 4) is 0 Å². The van der Waals surface area contributed by atoms with Crippen LogP contribution in [0.5, 0.6) is 0 Å². The predicted molar refractivity (Wildman–Crippen MR) is 117 cm³/mol. The quantitative estimate of drug-likeness (QED) is 0.594. The van der Waals surface area contributed by atoms with Crippen molar-refractivity contribution in [3.63, 3.8) is 0 Å². The lowest BCUT2D eigenvalue weighted by Crippen LogP contribution is -2.49. The van der Waals surface area contributed by atoms with E-state index in [-0.39, 0.29) is 29.8 Å². The minimum absolute atomic E-state index is 0.150. The van der Waals surface area contributed by atoms with Gasteiger partial charge in [-0.3, -0.25) is 19.3 Å². The van der Waals surface area contributed by atoms with Gasteiger partial charge in [0.1, 0.15) is 0 Å². The highest BCUT2D eigenvalue weighted by atomic mass is 16.2. The number of rotatable bonds is 4. The molecule has 3 heterocycles. The number of piperazine rings is 1. The van der Waals surface area contributed by atoms with Crippen molar-refractivity contribution < 1.29 is 14.4 Å². The number of aromatic nitrogens is 2. The lowest BCUT2D eigenvalue weighted by atomic mass is 10.0. The summed E-state index contributed by atoms with van der Waals surface area (Å²) in [5.41, 5.74) is 1.91. The number of benzene rings is 2. The van der Waals surface area contributed by atoms with Crippen LogP contribution in [0.2, 0.25) is 0 Å². The standard InChI is InChI=1S/C24H21N5O3/c30-21(27-11-13-28(14-12-27)24-25-9-4-10-26-24)18-7-8-19-20(15-18)23(32)29(22(19)31)16-17-5-2-1-3-6-17/h1-10,15H,11-14,16H2. The first-order chi connectivity index (χ1) is 15.6. The van der Waals surface area contributed by atoms with Gasteiger partial charge in [0.15, 0.2) is 0 Å². The maximum atomic E-state index is 13.1. The molecule has 0 N–H and O–H groups in total. The molecular formula is C24H21N5O3. The van der Waals surface area contributed by atoms with Crippen LogP contribution in [0, 0.1) is 0 Å². The first-order valence-electron chi connectivity index (χ1n) is 10.5. The molecule has 1 aromatic heterocycles. The molecule has 0 bridgehead atoms. The zero-order valence-electron chi connectivity index (χ0n) is 17.3. The average Bonchev–Trinajstić information content (AvgIpc) is 3.09. The van der Waals surface area contributed by atoms with Gasteiger partial charge in [-0.25, -0.2) is 9.97 Å². The number of hydrogen-bond acceptors (Lipinski definition) is 6. The molecule has 32 heavy (non-hydrogen) atoms. The average molecular weight is 427 g/mol. The third-order valence-corrected chi connectivity index (χ3v) is 5.80. The summed E-state index contributed by atoms with van der Waals surface area (Å²) >= 11 is 0. The molecule has 0 atom stereocenters. The summed E-state index contributed by atoms with van der Waals surface area (Å²) in [6.07, 6.45) is 3.40. The molecule has 2 aromatic carbocycles. The van der Waals surface area contributed by atoms with Gasteiger partial charge in [-0.2, -0.15) is 0 Å². The Morgan fingerprint density at radius 1 is 0.812 bits per heavy atom. The lowest BCUT2D eigenvalue weighted by molar-refractivity contribution is 0.0642. The maximum absolute atomic E-state index is 13.1. The van der Waals surface area contributed by atoms with E-state index in [4.69, 9.17) is 0 Å². The van der Waals surface area contributed by atoms with Crippen molar-refractivity contribution in [3.05, 3.63) is 89.2 Å². The number of fused-ring (bicyclic) bond motifs is 1. The van der Waals surface area contributed by atoms with E-state index in [0.717, 1.165) is 5.56 Å². The SMILES string of the molecule is O=C(c1ccc2c(c1)C(=O)N(Cc1ccccc1)C2=O)N1CCN(c2ncccn2)CC1. The van der Waals surface area contributed by atoms with Crippen molar-refractivity contribution in [1.82, 2.24) is 19.8 Å². The Kier molecular flexibility index (Phi) is 5.10. The zero-order valence-corrected chi connectivity index (χ0v) is 17.3. The summed E-state index contributed by atoms with van der Waals surface area (Å²) in [6.45, 7) is 2.52. The van der Waals surface area contributed by atoms with Gasteiger partial charge in [-0.1, -0.05) is 30.3 Å². The lowest BCUT2D eigenvalue weighted by Gasteiger charge is -2.34. The summed E-state index contributed by atoms with van der Waals surface area (Å²) in [5.74, 6) is -0.193. The number of nitrogens with zero attached hydrogens (tertiary/aromatic N) is 5. The van der Waals surface area contributed by atoms with E-state index < -0.39 is 0 Å². The Morgan fingerprint density at radius 2 is 1.50 bits per heavy atom. The second-order valence-corrected chi connectivity index (χ2v) is 7.77. The van der Waals surface area contributed by atoms with E-state index in [1.807, 2.05) is 35.2 Å². The van der Waals surface area contributed by atoms with Gasteiger partial charge in [0.05, 0.1) is 17.7 Å². The second-order valence-electron chi connectivity index (χ2n) is 7.77. The van der Waals surface area contributed by atoms with Crippen LogP contribution >= 0.6 is 0 Å². The summed E-state index contributed by atoms with van der Waals surface area (Å²) in [4.78, 5) is 52.3. The summed E-state index contributed by atoms with van der Waals surface area (Å²) in [6, 6.07) is 15.9. The van der Waals surface area contributed by atoms with E-state index in [1.54, 1.807) is 41.6 Å². The number of carbonyl (C=O) groups excluding carboxylic acids is 3. The maximum Gasteiger partial charge on any atom is 0.261 e. The van der Waals surface area contributed by atoms with Crippen LogP contribution < -0.4 is 4.90 Å². The highest BCUT2D eigenvalue weighted by molar-refractivity contribution is 6.22. The molecule has 0 aliphatic carbocycles. The van der Waals surface area contributed by atoms with Crippen LogP contribution in [-0.4, -0.2) is 63.7 Å². The molecular weight excluding hydrogens is 406 g/mol. The Bertz CT molecular complexity index is 1170. The Balaban J connectivity index is 1.29. The van der Waals surface area contributed by atoms with Crippen molar-refractivity contribution in [2.75, 3.05) is 31.1 Å². The number of imide groups is 1. The van der Waals surface area contributed by atoms with Crippen molar-refractivity contribution in [2.45, 2.75) is 6.54 Å². The van der Waals surface area contributed by atoms with Crippen LogP contribution in [0.1, 0.15) is 36.6 Å². The minimum atomic E-state index is -0.366. The molecule has 2 aliphatic rings.